The summed E-state index contributed by atoms with van der Waals surface area (Å²) < 4.78 is 63.9. The fourth-order valence-corrected chi connectivity index (χ4v) is 3.98. The molecular weight excluding hydrogens is 404 g/mol. The van der Waals surface area contributed by atoms with Crippen LogP contribution >= 0.6 is 0 Å². The fourth-order valence-electron chi connectivity index (χ4n) is 3.98. The Morgan fingerprint density at radius 1 is 0.774 bits per heavy atom. The Balaban J connectivity index is 1.64. The van der Waals surface area contributed by atoms with E-state index < -0.39 is 29.4 Å². The first-order valence-corrected chi connectivity index (χ1v) is 10.3. The molecule has 1 aliphatic heterocycles. The summed E-state index contributed by atoms with van der Waals surface area (Å²) in [5.74, 6) is -3.69. The first-order valence-electron chi connectivity index (χ1n) is 10.3. The second-order valence-corrected chi connectivity index (χ2v) is 7.66. The van der Waals surface area contributed by atoms with E-state index in [1.54, 1.807) is 30.3 Å². The molecule has 0 saturated carbocycles. The molecule has 0 N–H and O–H groups in total. The third-order valence-corrected chi connectivity index (χ3v) is 5.67. The van der Waals surface area contributed by atoms with Crippen LogP contribution in [0.1, 0.15) is 36.5 Å². The molecule has 0 amide bonds. The maximum absolute atomic E-state index is 14.8. The minimum Gasteiger partial charge on any atom is -0.373 e. The van der Waals surface area contributed by atoms with Gasteiger partial charge in [-0.1, -0.05) is 54.6 Å². The van der Waals surface area contributed by atoms with Gasteiger partial charge >= 0.3 is 0 Å². The average Bonchev–Trinajstić information content (AvgIpc) is 2.80. The van der Waals surface area contributed by atoms with Crippen molar-refractivity contribution in [2.45, 2.75) is 31.8 Å². The molecular formula is C26H22F4O. The summed E-state index contributed by atoms with van der Waals surface area (Å²) in [6.45, 7) is 4.08. The lowest BCUT2D eigenvalue weighted by atomic mass is 9.95. The molecule has 3 aromatic carbocycles. The van der Waals surface area contributed by atoms with Crippen LogP contribution in [-0.2, 0) is 11.2 Å². The summed E-state index contributed by atoms with van der Waals surface area (Å²) in [7, 11) is 0. The largest absolute Gasteiger partial charge is 0.373 e. The molecule has 1 saturated heterocycles. The van der Waals surface area contributed by atoms with Crippen molar-refractivity contribution in [1.82, 2.24) is 0 Å². The van der Waals surface area contributed by atoms with Gasteiger partial charge < -0.3 is 4.74 Å². The van der Waals surface area contributed by atoms with Gasteiger partial charge in [-0.15, -0.1) is 6.58 Å². The monoisotopic (exact) mass is 426 g/mol. The summed E-state index contributed by atoms with van der Waals surface area (Å²) in [5, 5.41) is 0. The van der Waals surface area contributed by atoms with Crippen LogP contribution in [0.15, 0.2) is 61.2 Å². The third-order valence-electron chi connectivity index (χ3n) is 5.67. The first kappa shape index (κ1) is 21.3. The maximum Gasteiger partial charge on any atom is 0.167 e. The van der Waals surface area contributed by atoms with E-state index in [9.17, 15) is 17.6 Å². The van der Waals surface area contributed by atoms with Crippen LogP contribution in [0, 0.1) is 23.3 Å². The average molecular weight is 426 g/mol. The summed E-state index contributed by atoms with van der Waals surface area (Å²) in [5.41, 5.74) is 1.56. The van der Waals surface area contributed by atoms with Crippen molar-refractivity contribution in [3.63, 3.8) is 0 Å². The topological polar surface area (TPSA) is 9.23 Å². The van der Waals surface area contributed by atoms with E-state index in [0.717, 1.165) is 12.8 Å². The molecule has 0 spiro atoms. The highest BCUT2D eigenvalue weighted by molar-refractivity contribution is 5.71. The van der Waals surface area contributed by atoms with Gasteiger partial charge in [0.2, 0.25) is 0 Å². The lowest BCUT2D eigenvalue weighted by Crippen LogP contribution is -2.13. The Kier molecular flexibility index (Phi) is 6.23. The highest BCUT2D eigenvalue weighted by Crippen LogP contribution is 2.35. The van der Waals surface area contributed by atoms with Crippen LogP contribution in [0.4, 0.5) is 17.6 Å². The number of rotatable bonds is 5. The highest BCUT2D eigenvalue weighted by Gasteiger charge is 2.23. The number of allylic oxidation sites excluding steroid dienone is 1. The Morgan fingerprint density at radius 2 is 1.39 bits per heavy atom. The molecule has 0 radical (unpaired) electrons. The van der Waals surface area contributed by atoms with E-state index in [4.69, 9.17) is 4.74 Å². The predicted molar refractivity (Wildman–Crippen MR) is 114 cm³/mol. The standard InChI is InChI=1S/C26H22F4O/c1-2-5-18-11-12-19(24(28)23(18)27)16-7-9-17(10-8-16)20-13-14-21(26(30)25(20)29)22-6-3-4-15-31-22/h2,7-14,22H,1,3-6,15H2. The quantitative estimate of drug-likeness (QED) is 0.302. The van der Waals surface area contributed by atoms with E-state index in [1.807, 2.05) is 0 Å². The van der Waals surface area contributed by atoms with Crippen molar-refractivity contribution in [2.75, 3.05) is 6.61 Å². The molecule has 5 heteroatoms. The van der Waals surface area contributed by atoms with E-state index in [-0.39, 0.29) is 28.7 Å². The maximum atomic E-state index is 14.8. The Bertz CT molecular complexity index is 1100. The van der Waals surface area contributed by atoms with E-state index in [1.165, 1.54) is 24.3 Å². The predicted octanol–water partition coefficient (Wildman–Crippen LogP) is 7.55. The normalized spacial score (nSPS) is 16.3. The molecule has 1 atom stereocenters. The Hall–Kier alpha value is -2.92. The number of halogens is 4. The summed E-state index contributed by atoms with van der Waals surface area (Å²) in [4.78, 5) is 0. The van der Waals surface area contributed by atoms with Crippen LogP contribution in [0.3, 0.4) is 0 Å². The zero-order valence-electron chi connectivity index (χ0n) is 16.9. The summed E-state index contributed by atoms with van der Waals surface area (Å²) in [6.07, 6.45) is 3.81. The molecule has 1 aliphatic rings. The summed E-state index contributed by atoms with van der Waals surface area (Å²) >= 11 is 0. The molecule has 1 nitrogen and oxygen atoms in total. The van der Waals surface area contributed by atoms with Gasteiger partial charge in [-0.05, 0) is 42.4 Å². The SMILES string of the molecule is C=CCc1ccc(-c2ccc(-c3ccc(C4CCCCO4)c(F)c3F)cc2)c(F)c1F. The smallest absolute Gasteiger partial charge is 0.167 e. The Morgan fingerprint density at radius 3 is 1.97 bits per heavy atom. The molecule has 0 aromatic heterocycles. The lowest BCUT2D eigenvalue weighted by molar-refractivity contribution is 0.0125. The molecule has 1 heterocycles. The van der Waals surface area contributed by atoms with Crippen molar-refractivity contribution in [3.8, 4) is 22.3 Å². The van der Waals surface area contributed by atoms with Gasteiger partial charge in [0.05, 0.1) is 6.10 Å². The lowest BCUT2D eigenvalue weighted by Gasteiger charge is -2.23. The zero-order chi connectivity index (χ0) is 22.0. The van der Waals surface area contributed by atoms with Gasteiger partial charge in [0.15, 0.2) is 23.3 Å². The van der Waals surface area contributed by atoms with Crippen LogP contribution in [0.5, 0.6) is 0 Å². The van der Waals surface area contributed by atoms with Crippen molar-refractivity contribution in [1.29, 1.82) is 0 Å². The molecule has 4 rings (SSSR count). The molecule has 1 fully saturated rings. The molecule has 3 aromatic rings. The first-order chi connectivity index (χ1) is 15.0. The van der Waals surface area contributed by atoms with Crippen molar-refractivity contribution >= 4 is 0 Å². The number of benzene rings is 3. The van der Waals surface area contributed by atoms with Crippen LogP contribution in [0.25, 0.3) is 22.3 Å². The van der Waals surface area contributed by atoms with Gasteiger partial charge in [-0.2, -0.15) is 0 Å². The van der Waals surface area contributed by atoms with Crippen molar-refractivity contribution in [2.24, 2.45) is 0 Å². The number of hydrogen-bond donors (Lipinski definition) is 0. The molecule has 0 aliphatic carbocycles. The van der Waals surface area contributed by atoms with Gasteiger partial charge in [0, 0.05) is 23.3 Å². The van der Waals surface area contributed by atoms with Crippen LogP contribution in [0.2, 0.25) is 0 Å². The van der Waals surface area contributed by atoms with E-state index in [2.05, 4.69) is 6.58 Å². The molecule has 31 heavy (non-hydrogen) atoms. The van der Waals surface area contributed by atoms with Crippen molar-refractivity contribution in [3.05, 3.63) is 95.6 Å². The third kappa shape index (κ3) is 4.15. The van der Waals surface area contributed by atoms with Crippen molar-refractivity contribution < 1.29 is 22.3 Å². The minimum atomic E-state index is -0.943. The van der Waals surface area contributed by atoms with Gasteiger partial charge in [-0.25, -0.2) is 17.6 Å². The Labute approximate surface area is 179 Å². The minimum absolute atomic E-state index is 0.105. The molecule has 160 valence electrons. The molecule has 1 unspecified atom stereocenters. The second kappa shape index (κ2) is 9.06. The number of hydrogen-bond acceptors (Lipinski definition) is 1. The second-order valence-electron chi connectivity index (χ2n) is 7.66. The van der Waals surface area contributed by atoms with Gasteiger partial charge in [0.25, 0.3) is 0 Å². The number of ether oxygens (including phenoxy) is 1. The van der Waals surface area contributed by atoms with Gasteiger partial charge in [-0.3, -0.25) is 0 Å². The van der Waals surface area contributed by atoms with Crippen LogP contribution < -0.4 is 0 Å². The van der Waals surface area contributed by atoms with Crippen LogP contribution in [-0.4, -0.2) is 6.61 Å². The fraction of sp³-hybridized carbons (Fsp3) is 0.231. The summed E-state index contributed by atoms with van der Waals surface area (Å²) in [6, 6.07) is 12.4. The molecule has 0 bridgehead atoms. The van der Waals surface area contributed by atoms with E-state index in [0.29, 0.717) is 24.2 Å². The highest BCUT2D eigenvalue weighted by atomic mass is 19.2. The van der Waals surface area contributed by atoms with Gasteiger partial charge in [0.1, 0.15) is 0 Å². The zero-order valence-corrected chi connectivity index (χ0v) is 16.9. The van der Waals surface area contributed by atoms with E-state index >= 15 is 0 Å².